The van der Waals surface area contributed by atoms with Crippen LogP contribution in [-0.4, -0.2) is 15.8 Å². The molecule has 0 saturated carbocycles. The Morgan fingerprint density at radius 3 is 2.88 bits per heavy atom. The molecule has 0 aliphatic carbocycles. The zero-order chi connectivity index (χ0) is 12.4. The minimum absolute atomic E-state index is 0.136. The van der Waals surface area contributed by atoms with E-state index in [1.165, 1.54) is 18.5 Å². The van der Waals surface area contributed by atoms with Crippen LogP contribution in [0.25, 0.3) is 0 Å². The van der Waals surface area contributed by atoms with Gasteiger partial charge in [0.2, 0.25) is 5.78 Å². The van der Waals surface area contributed by atoms with Gasteiger partial charge >= 0.3 is 0 Å². The Balaban J connectivity index is 2.51. The van der Waals surface area contributed by atoms with Crippen molar-refractivity contribution >= 4 is 39.1 Å². The Hall–Kier alpha value is -1.46. The summed E-state index contributed by atoms with van der Waals surface area (Å²) < 4.78 is 0.601. The molecule has 0 fully saturated rings. The minimum atomic E-state index is -0.315. The molecule has 2 heterocycles. The third kappa shape index (κ3) is 2.45. The number of pyridine rings is 2. The van der Waals surface area contributed by atoms with E-state index in [0.29, 0.717) is 9.50 Å². The van der Waals surface area contributed by atoms with Crippen LogP contribution in [0.3, 0.4) is 0 Å². The summed E-state index contributed by atoms with van der Waals surface area (Å²) in [6.45, 7) is 0. The first-order valence-corrected chi connectivity index (χ1v) is 5.83. The number of carbonyl (C=O) groups is 1. The second kappa shape index (κ2) is 4.81. The quantitative estimate of drug-likeness (QED) is 0.866. The van der Waals surface area contributed by atoms with Crippen molar-refractivity contribution in [1.29, 1.82) is 0 Å². The van der Waals surface area contributed by atoms with Crippen molar-refractivity contribution in [3.63, 3.8) is 0 Å². The van der Waals surface area contributed by atoms with Gasteiger partial charge in [-0.1, -0.05) is 11.6 Å². The largest absolute Gasteiger partial charge is 0.383 e. The number of anilines is 1. The van der Waals surface area contributed by atoms with Gasteiger partial charge in [0.1, 0.15) is 11.5 Å². The van der Waals surface area contributed by atoms with E-state index < -0.39 is 0 Å². The van der Waals surface area contributed by atoms with E-state index in [0.717, 1.165) is 0 Å². The minimum Gasteiger partial charge on any atom is -0.383 e. The highest BCUT2D eigenvalue weighted by Crippen LogP contribution is 2.21. The molecule has 0 saturated heterocycles. The first kappa shape index (κ1) is 12.0. The van der Waals surface area contributed by atoms with Crippen LogP contribution < -0.4 is 5.73 Å². The molecule has 0 aromatic carbocycles. The smallest absolute Gasteiger partial charge is 0.216 e. The van der Waals surface area contributed by atoms with Crippen molar-refractivity contribution in [2.75, 3.05) is 5.73 Å². The molecule has 86 valence electrons. The molecule has 0 aliphatic heterocycles. The van der Waals surface area contributed by atoms with Crippen LogP contribution in [0.1, 0.15) is 16.1 Å². The molecule has 4 nitrogen and oxygen atoms in total. The molecule has 2 rings (SSSR count). The Morgan fingerprint density at radius 1 is 1.41 bits per heavy atom. The average molecular weight is 313 g/mol. The molecule has 2 aromatic rings. The first-order chi connectivity index (χ1) is 8.09. The van der Waals surface area contributed by atoms with Crippen LogP contribution in [0, 0.1) is 0 Å². The van der Waals surface area contributed by atoms with Gasteiger partial charge in [-0.25, -0.2) is 4.98 Å². The lowest BCUT2D eigenvalue weighted by Gasteiger charge is -2.05. The molecule has 0 atom stereocenters. The van der Waals surface area contributed by atoms with Crippen molar-refractivity contribution in [2.24, 2.45) is 0 Å². The number of nitrogens with zero attached hydrogens (tertiary/aromatic N) is 2. The number of rotatable bonds is 2. The molecule has 0 spiro atoms. The van der Waals surface area contributed by atoms with E-state index in [1.54, 1.807) is 12.1 Å². The fourth-order valence-electron chi connectivity index (χ4n) is 1.31. The third-order valence-corrected chi connectivity index (χ3v) is 2.95. The highest BCUT2D eigenvalue weighted by Gasteiger charge is 2.17. The summed E-state index contributed by atoms with van der Waals surface area (Å²) in [4.78, 5) is 20.0. The molecule has 0 bridgehead atoms. The summed E-state index contributed by atoms with van der Waals surface area (Å²) in [5.74, 6) is -0.179. The summed E-state index contributed by atoms with van der Waals surface area (Å²) in [7, 11) is 0. The highest BCUT2D eigenvalue weighted by molar-refractivity contribution is 9.10. The van der Waals surface area contributed by atoms with E-state index in [-0.39, 0.29) is 22.9 Å². The van der Waals surface area contributed by atoms with Crippen LogP contribution in [0.2, 0.25) is 5.02 Å². The van der Waals surface area contributed by atoms with E-state index in [2.05, 4.69) is 25.9 Å². The lowest BCUT2D eigenvalue weighted by Crippen LogP contribution is -2.09. The maximum absolute atomic E-state index is 12.2. The SMILES string of the molecule is Nc1ncc(Cl)cc1C(=O)c1ncccc1Br. The van der Waals surface area contributed by atoms with Crippen LogP contribution in [0.4, 0.5) is 5.82 Å². The number of hydrogen-bond acceptors (Lipinski definition) is 4. The van der Waals surface area contributed by atoms with Gasteiger partial charge in [-0.15, -0.1) is 0 Å². The molecule has 2 aromatic heterocycles. The predicted molar refractivity (Wildman–Crippen MR) is 69.0 cm³/mol. The number of hydrogen-bond donors (Lipinski definition) is 1. The average Bonchev–Trinajstić information content (AvgIpc) is 2.32. The van der Waals surface area contributed by atoms with Gasteiger partial charge in [0, 0.05) is 16.9 Å². The standard InChI is InChI=1S/C11H7BrClN3O/c12-8-2-1-3-15-9(8)10(17)7-4-6(13)5-16-11(7)14/h1-5H,(H2,14,16). The summed E-state index contributed by atoms with van der Waals surface area (Å²) in [5, 5.41) is 0.356. The van der Waals surface area contributed by atoms with Crippen molar-refractivity contribution in [3.8, 4) is 0 Å². The van der Waals surface area contributed by atoms with Gasteiger partial charge in [-0.2, -0.15) is 0 Å². The number of carbonyl (C=O) groups excluding carboxylic acids is 1. The Labute approximate surface area is 111 Å². The zero-order valence-electron chi connectivity index (χ0n) is 8.52. The lowest BCUT2D eigenvalue weighted by atomic mass is 10.1. The van der Waals surface area contributed by atoms with Crippen LogP contribution >= 0.6 is 27.5 Å². The topological polar surface area (TPSA) is 68.9 Å². The van der Waals surface area contributed by atoms with E-state index in [9.17, 15) is 4.79 Å². The van der Waals surface area contributed by atoms with Gasteiger partial charge in [-0.05, 0) is 34.1 Å². The summed E-state index contributed by atoms with van der Waals surface area (Å²) in [6.07, 6.45) is 2.92. The Morgan fingerprint density at radius 2 is 2.18 bits per heavy atom. The molecular formula is C11H7BrClN3O. The maximum atomic E-state index is 12.2. The predicted octanol–water partition coefficient (Wildman–Crippen LogP) is 2.71. The van der Waals surface area contributed by atoms with Gasteiger partial charge in [0.25, 0.3) is 0 Å². The maximum Gasteiger partial charge on any atom is 0.216 e. The lowest BCUT2D eigenvalue weighted by molar-refractivity contribution is 0.103. The van der Waals surface area contributed by atoms with Gasteiger partial charge in [0.05, 0.1) is 10.6 Å². The molecule has 2 N–H and O–H groups in total. The molecular weight excluding hydrogens is 305 g/mol. The van der Waals surface area contributed by atoms with Crippen molar-refractivity contribution in [2.45, 2.75) is 0 Å². The van der Waals surface area contributed by atoms with E-state index in [4.69, 9.17) is 17.3 Å². The molecule has 0 aliphatic rings. The number of aromatic nitrogens is 2. The van der Waals surface area contributed by atoms with Crippen LogP contribution in [-0.2, 0) is 0 Å². The van der Waals surface area contributed by atoms with Crippen molar-refractivity contribution in [1.82, 2.24) is 9.97 Å². The monoisotopic (exact) mass is 311 g/mol. The van der Waals surface area contributed by atoms with Gasteiger partial charge < -0.3 is 5.73 Å². The first-order valence-electron chi connectivity index (χ1n) is 4.66. The highest BCUT2D eigenvalue weighted by atomic mass is 79.9. The third-order valence-electron chi connectivity index (χ3n) is 2.10. The number of nitrogen functional groups attached to an aromatic ring is 1. The number of nitrogens with two attached hydrogens (primary N) is 1. The Bertz CT molecular complexity index is 589. The zero-order valence-corrected chi connectivity index (χ0v) is 10.9. The van der Waals surface area contributed by atoms with Crippen LogP contribution in [0.15, 0.2) is 35.1 Å². The summed E-state index contributed by atoms with van der Waals surface area (Å²) in [5.41, 5.74) is 6.17. The number of halogens is 2. The van der Waals surface area contributed by atoms with Crippen molar-refractivity contribution < 1.29 is 4.79 Å². The summed E-state index contributed by atoms with van der Waals surface area (Å²) >= 11 is 9.05. The summed E-state index contributed by atoms with van der Waals surface area (Å²) in [6, 6.07) is 4.93. The Kier molecular flexibility index (Phi) is 3.40. The number of ketones is 1. The second-order valence-corrected chi connectivity index (χ2v) is 4.54. The normalized spacial score (nSPS) is 10.2. The van der Waals surface area contributed by atoms with E-state index in [1.807, 2.05) is 0 Å². The molecule has 17 heavy (non-hydrogen) atoms. The molecule has 0 radical (unpaired) electrons. The van der Waals surface area contributed by atoms with Gasteiger partial charge in [0.15, 0.2) is 0 Å². The second-order valence-electron chi connectivity index (χ2n) is 3.25. The van der Waals surface area contributed by atoms with E-state index >= 15 is 0 Å². The van der Waals surface area contributed by atoms with Crippen molar-refractivity contribution in [3.05, 3.63) is 51.3 Å². The molecule has 0 amide bonds. The van der Waals surface area contributed by atoms with Crippen LogP contribution in [0.5, 0.6) is 0 Å². The fourth-order valence-corrected chi connectivity index (χ4v) is 1.90. The fraction of sp³-hybridized carbons (Fsp3) is 0. The molecule has 0 unspecified atom stereocenters. The van der Waals surface area contributed by atoms with Gasteiger partial charge in [-0.3, -0.25) is 9.78 Å². The molecule has 6 heteroatoms.